The van der Waals surface area contributed by atoms with Crippen molar-refractivity contribution in [3.05, 3.63) is 47.7 Å². The summed E-state index contributed by atoms with van der Waals surface area (Å²) in [5, 5.41) is 1.46. The van der Waals surface area contributed by atoms with E-state index in [1.54, 1.807) is 11.0 Å². The molecule has 0 aliphatic carbocycles. The van der Waals surface area contributed by atoms with Gasteiger partial charge >= 0.3 is 0 Å². The zero-order chi connectivity index (χ0) is 25.4. The zero-order valence-corrected chi connectivity index (χ0v) is 21.2. The lowest BCUT2D eigenvalue weighted by Crippen LogP contribution is -2.31. The van der Waals surface area contributed by atoms with Gasteiger partial charge in [0.2, 0.25) is 15.0 Å². The maximum atomic E-state index is 14.1. The summed E-state index contributed by atoms with van der Waals surface area (Å²) in [6.07, 6.45) is 1.82. The molecule has 0 bridgehead atoms. The summed E-state index contributed by atoms with van der Waals surface area (Å²) >= 11 is 0. The van der Waals surface area contributed by atoms with Crippen LogP contribution in [0.25, 0.3) is 10.8 Å². The summed E-state index contributed by atoms with van der Waals surface area (Å²) in [5.41, 5.74) is 1.35. The summed E-state index contributed by atoms with van der Waals surface area (Å²) in [5.74, 6) is 0.599. The van der Waals surface area contributed by atoms with Crippen LogP contribution in [0.2, 0.25) is 0 Å². The number of aromatic nitrogens is 2. The molecule has 1 atom stereocenters. The number of fused-ring (bicyclic) bond motifs is 2. The van der Waals surface area contributed by atoms with Crippen LogP contribution in [0, 0.1) is 0 Å². The smallest absolute Gasteiger partial charge is 0.264 e. The van der Waals surface area contributed by atoms with Crippen LogP contribution in [0.4, 0.5) is 11.5 Å². The minimum atomic E-state index is -3.71. The Balaban J connectivity index is 1.68. The fourth-order valence-electron chi connectivity index (χ4n) is 4.71. The molecule has 1 unspecified atom stereocenters. The summed E-state index contributed by atoms with van der Waals surface area (Å²) < 4.78 is 41.4. The minimum Gasteiger partial charge on any atom is -0.467 e. The second kappa shape index (κ2) is 9.64. The number of benzene rings is 2. The van der Waals surface area contributed by atoms with Crippen LogP contribution in [-0.2, 0) is 19.3 Å². The van der Waals surface area contributed by atoms with Crippen molar-refractivity contribution >= 4 is 38.0 Å². The molecule has 0 saturated carbocycles. The Bertz CT molecular complexity index is 1420. The van der Waals surface area contributed by atoms with Gasteiger partial charge < -0.3 is 19.1 Å². The van der Waals surface area contributed by atoms with Crippen LogP contribution in [0.5, 0.6) is 5.75 Å². The van der Waals surface area contributed by atoms with Gasteiger partial charge in [-0.25, -0.2) is 18.4 Å². The van der Waals surface area contributed by atoms with E-state index in [0.29, 0.717) is 54.8 Å². The van der Waals surface area contributed by atoms with Crippen molar-refractivity contribution in [2.75, 3.05) is 56.3 Å². The SMILES string of the molecule is COCOc1cc(N2C(=O)c3c(nc(S(C)(=O)=O)nc3N3CCCOCC3)C2C)c2ccccc2c1. The molecule has 1 saturated heterocycles. The second-order valence-corrected chi connectivity index (χ2v) is 10.8. The monoisotopic (exact) mass is 512 g/mol. The number of nitrogens with zero attached hydrogens (tertiary/aromatic N) is 4. The quantitative estimate of drug-likeness (QED) is 0.363. The van der Waals surface area contributed by atoms with E-state index in [9.17, 15) is 13.2 Å². The first-order valence-electron chi connectivity index (χ1n) is 11.7. The summed E-state index contributed by atoms with van der Waals surface area (Å²) in [7, 11) is -2.17. The number of carbonyl (C=O) groups excluding carboxylic acids is 1. The van der Waals surface area contributed by atoms with E-state index in [4.69, 9.17) is 14.2 Å². The molecule has 190 valence electrons. The van der Waals surface area contributed by atoms with Gasteiger partial charge in [-0.3, -0.25) is 9.69 Å². The second-order valence-electron chi connectivity index (χ2n) is 8.88. The molecular formula is C25H28N4O6S. The molecule has 3 aromatic rings. The Morgan fingerprint density at radius 2 is 1.94 bits per heavy atom. The highest BCUT2D eigenvalue weighted by Gasteiger charge is 2.42. The number of methoxy groups -OCH3 is 1. The molecule has 5 rings (SSSR count). The molecule has 0 N–H and O–H groups in total. The molecule has 1 aromatic heterocycles. The molecule has 1 fully saturated rings. The maximum Gasteiger partial charge on any atom is 0.264 e. The molecule has 11 heteroatoms. The van der Waals surface area contributed by atoms with Crippen molar-refractivity contribution in [2.45, 2.75) is 24.5 Å². The normalized spacial score (nSPS) is 18.4. The predicted molar refractivity (Wildman–Crippen MR) is 134 cm³/mol. The number of rotatable bonds is 6. The van der Waals surface area contributed by atoms with Crippen molar-refractivity contribution in [2.24, 2.45) is 0 Å². The fraction of sp³-hybridized carbons (Fsp3) is 0.400. The zero-order valence-electron chi connectivity index (χ0n) is 20.4. The number of hydrogen-bond donors (Lipinski definition) is 0. The highest BCUT2D eigenvalue weighted by molar-refractivity contribution is 7.90. The number of hydrogen-bond acceptors (Lipinski definition) is 9. The highest BCUT2D eigenvalue weighted by atomic mass is 32.2. The van der Waals surface area contributed by atoms with Gasteiger partial charge in [0.15, 0.2) is 6.79 Å². The number of carbonyl (C=O) groups is 1. The Labute approximate surface area is 209 Å². The summed E-state index contributed by atoms with van der Waals surface area (Å²) in [6.45, 7) is 4.06. The highest BCUT2D eigenvalue weighted by Crippen LogP contribution is 2.44. The molecule has 2 aromatic carbocycles. The van der Waals surface area contributed by atoms with Crippen LogP contribution in [0.1, 0.15) is 35.4 Å². The first kappa shape index (κ1) is 24.4. The average Bonchev–Trinajstić information content (AvgIpc) is 3.03. The van der Waals surface area contributed by atoms with E-state index >= 15 is 0 Å². The fourth-order valence-corrected chi connectivity index (χ4v) is 5.23. The molecule has 2 aliphatic heterocycles. The topological polar surface area (TPSA) is 111 Å². The van der Waals surface area contributed by atoms with E-state index in [1.807, 2.05) is 42.2 Å². The van der Waals surface area contributed by atoms with Crippen molar-refractivity contribution in [1.82, 2.24) is 9.97 Å². The molecular weight excluding hydrogens is 484 g/mol. The number of anilines is 2. The Morgan fingerprint density at radius 3 is 2.72 bits per heavy atom. The van der Waals surface area contributed by atoms with Crippen LogP contribution in [0.15, 0.2) is 41.6 Å². The van der Waals surface area contributed by atoms with E-state index in [1.165, 1.54) is 7.11 Å². The molecule has 36 heavy (non-hydrogen) atoms. The third kappa shape index (κ3) is 4.38. The lowest BCUT2D eigenvalue weighted by atomic mass is 10.1. The van der Waals surface area contributed by atoms with Gasteiger partial charge in [-0.1, -0.05) is 24.3 Å². The Hall–Kier alpha value is -3.28. The van der Waals surface area contributed by atoms with Crippen molar-refractivity contribution in [3.8, 4) is 5.75 Å². The third-order valence-corrected chi connectivity index (χ3v) is 7.23. The van der Waals surface area contributed by atoms with E-state index in [2.05, 4.69) is 9.97 Å². The van der Waals surface area contributed by atoms with E-state index < -0.39 is 15.9 Å². The first-order chi connectivity index (χ1) is 17.3. The van der Waals surface area contributed by atoms with Gasteiger partial charge in [-0.15, -0.1) is 0 Å². The number of ether oxygens (including phenoxy) is 3. The third-order valence-electron chi connectivity index (χ3n) is 6.38. The molecule has 0 radical (unpaired) electrons. The van der Waals surface area contributed by atoms with Crippen LogP contribution in [0.3, 0.4) is 0 Å². The van der Waals surface area contributed by atoms with Crippen LogP contribution in [-0.4, -0.2) is 70.8 Å². The number of amides is 1. The molecule has 10 nitrogen and oxygen atoms in total. The van der Waals surface area contributed by atoms with E-state index in [-0.39, 0.29) is 17.9 Å². The van der Waals surface area contributed by atoms with Crippen molar-refractivity contribution < 1.29 is 27.4 Å². The van der Waals surface area contributed by atoms with Gasteiger partial charge in [-0.05, 0) is 24.8 Å². The van der Waals surface area contributed by atoms with Gasteiger partial charge in [0.25, 0.3) is 5.91 Å². The molecule has 3 heterocycles. The summed E-state index contributed by atoms with van der Waals surface area (Å²) in [4.78, 5) is 26.4. The first-order valence-corrected chi connectivity index (χ1v) is 13.6. The molecule has 0 spiro atoms. The van der Waals surface area contributed by atoms with Gasteiger partial charge in [0.05, 0.1) is 24.0 Å². The number of sulfone groups is 1. The van der Waals surface area contributed by atoms with Gasteiger partial charge in [0.1, 0.15) is 17.1 Å². The lowest BCUT2D eigenvalue weighted by Gasteiger charge is -2.24. The predicted octanol–water partition coefficient (Wildman–Crippen LogP) is 2.96. The molecule has 1 amide bonds. The van der Waals surface area contributed by atoms with Gasteiger partial charge in [0, 0.05) is 44.5 Å². The molecule has 2 aliphatic rings. The van der Waals surface area contributed by atoms with Crippen molar-refractivity contribution in [1.29, 1.82) is 0 Å². The Kier molecular flexibility index (Phi) is 6.54. The van der Waals surface area contributed by atoms with Crippen molar-refractivity contribution in [3.63, 3.8) is 0 Å². The lowest BCUT2D eigenvalue weighted by molar-refractivity contribution is 0.0512. The van der Waals surface area contributed by atoms with Crippen LogP contribution >= 0.6 is 0 Å². The maximum absolute atomic E-state index is 14.1. The average molecular weight is 513 g/mol. The largest absolute Gasteiger partial charge is 0.467 e. The summed E-state index contributed by atoms with van der Waals surface area (Å²) in [6, 6.07) is 10.9. The Morgan fingerprint density at radius 1 is 1.14 bits per heavy atom. The standard InChI is InChI=1S/C25H28N4O6S/c1-16-22-21(23(27-25(26-22)36(3,31)32)28-9-6-11-34-12-10-28)24(30)29(16)20-14-18(35-15-33-2)13-17-7-4-5-8-19(17)20/h4-5,7-8,13-14,16H,6,9-12,15H2,1-3H3. The van der Waals surface area contributed by atoms with E-state index in [0.717, 1.165) is 23.4 Å². The van der Waals surface area contributed by atoms with Crippen LogP contribution < -0.4 is 14.5 Å². The van der Waals surface area contributed by atoms with Gasteiger partial charge in [-0.2, -0.15) is 0 Å². The minimum absolute atomic E-state index is 0.0614.